The lowest BCUT2D eigenvalue weighted by Crippen LogP contribution is -2.65. The molecule has 16 nitrogen and oxygen atoms in total. The molecule has 0 rings (SSSR count). The zero-order valence-electron chi connectivity index (χ0n) is 23.7. The summed E-state index contributed by atoms with van der Waals surface area (Å²) < 4.78 is 29.8. The summed E-state index contributed by atoms with van der Waals surface area (Å²) in [6.07, 6.45) is 4.58. The molecule has 0 radical (unpaired) electrons. The first kappa shape index (κ1) is 38.2. The van der Waals surface area contributed by atoms with E-state index in [2.05, 4.69) is 50.1 Å². The molecule has 0 saturated heterocycles. The number of hydrogen-bond acceptors (Lipinski definition) is 14. The summed E-state index contributed by atoms with van der Waals surface area (Å²) in [6, 6.07) is 0. The van der Waals surface area contributed by atoms with Crippen LogP contribution in [0.3, 0.4) is 0 Å². The minimum Gasteiger partial charge on any atom is -0.460 e. The Morgan fingerprint density at radius 2 is 0.545 bits per heavy atom. The Bertz CT molecular complexity index is 991. The lowest BCUT2D eigenvalue weighted by molar-refractivity contribution is -0.158. The van der Waals surface area contributed by atoms with Crippen molar-refractivity contribution in [3.63, 3.8) is 0 Å². The molecule has 0 atom stereocenters. The highest BCUT2D eigenvalue weighted by Gasteiger charge is 2.42. The van der Waals surface area contributed by atoms with Gasteiger partial charge in [-0.3, -0.25) is 9.59 Å². The van der Waals surface area contributed by atoms with Gasteiger partial charge >= 0.3 is 47.6 Å². The predicted molar refractivity (Wildman–Crippen MR) is 149 cm³/mol. The lowest BCUT2D eigenvalue weighted by atomic mass is 10.0. The van der Waals surface area contributed by atoms with Gasteiger partial charge in [-0.1, -0.05) is 39.5 Å². The van der Waals surface area contributed by atoms with Crippen LogP contribution in [-0.4, -0.2) is 98.3 Å². The molecule has 16 heteroatoms. The molecule has 0 aromatic carbocycles. The predicted octanol–water partition coefficient (Wildman–Crippen LogP) is -0.928. The van der Waals surface area contributed by atoms with Gasteiger partial charge in [0.05, 0.1) is 0 Å². The van der Waals surface area contributed by atoms with Gasteiger partial charge in [0.2, 0.25) is 0 Å². The SMILES string of the molecule is C=CC(=O)OCC(COC(=O)C=C)(COC(=O)C=C)NC(=O)C(=O)NC(COC(=O)C=C)(COC(=O)C=C)COC(=O)C=C. The van der Waals surface area contributed by atoms with E-state index >= 15 is 0 Å². The second kappa shape index (κ2) is 19.3. The highest BCUT2D eigenvalue weighted by Crippen LogP contribution is 2.13. The third kappa shape index (κ3) is 14.2. The maximum Gasteiger partial charge on any atom is 0.330 e. The van der Waals surface area contributed by atoms with E-state index in [1.807, 2.05) is 0 Å². The van der Waals surface area contributed by atoms with Crippen molar-refractivity contribution in [1.82, 2.24) is 10.6 Å². The molecule has 0 aliphatic carbocycles. The first-order valence-electron chi connectivity index (χ1n) is 12.1. The van der Waals surface area contributed by atoms with Gasteiger partial charge in [0.25, 0.3) is 0 Å². The van der Waals surface area contributed by atoms with Crippen molar-refractivity contribution in [1.29, 1.82) is 0 Å². The highest BCUT2D eigenvalue weighted by molar-refractivity contribution is 6.35. The summed E-state index contributed by atoms with van der Waals surface area (Å²) >= 11 is 0. The van der Waals surface area contributed by atoms with Gasteiger partial charge in [-0.2, -0.15) is 0 Å². The fraction of sp³-hybridized carbons (Fsp3) is 0.286. The van der Waals surface area contributed by atoms with Crippen LogP contribution in [0.25, 0.3) is 0 Å². The Hall–Kier alpha value is -5.80. The Labute approximate surface area is 252 Å². The summed E-state index contributed by atoms with van der Waals surface area (Å²) in [5, 5.41) is 4.32. The molecular weight excluding hydrogens is 588 g/mol. The number of esters is 6. The standard InChI is InChI=1S/C28H32N2O14/c1-7-19(31)39-13-27(14-40-20(32)8-2,15-41-21(33)9-3)29-25(37)26(38)30-28(16-42-22(34)10-4,17-43-23(35)11-5)18-44-24(36)12-6/h7-12H,1-6,13-18H2,(H,29,37)(H,30,38). The molecule has 0 spiro atoms. The summed E-state index contributed by atoms with van der Waals surface area (Å²) in [5.74, 6) is -9.10. The first-order chi connectivity index (χ1) is 20.7. The van der Waals surface area contributed by atoms with E-state index in [-0.39, 0.29) is 0 Å². The lowest BCUT2D eigenvalue weighted by Gasteiger charge is -2.34. The van der Waals surface area contributed by atoms with Gasteiger partial charge < -0.3 is 39.1 Å². The first-order valence-corrected chi connectivity index (χ1v) is 12.1. The number of rotatable bonds is 20. The topological polar surface area (TPSA) is 216 Å². The van der Waals surface area contributed by atoms with Gasteiger partial charge in [-0.25, -0.2) is 28.8 Å². The van der Waals surface area contributed by atoms with E-state index in [4.69, 9.17) is 28.4 Å². The summed E-state index contributed by atoms with van der Waals surface area (Å²) in [4.78, 5) is 97.1. The number of ether oxygens (including phenoxy) is 6. The molecule has 44 heavy (non-hydrogen) atoms. The van der Waals surface area contributed by atoms with Crippen LogP contribution in [0.2, 0.25) is 0 Å². The van der Waals surface area contributed by atoms with Crippen molar-refractivity contribution in [2.45, 2.75) is 11.1 Å². The average molecular weight is 621 g/mol. The molecule has 0 bridgehead atoms. The van der Waals surface area contributed by atoms with Crippen LogP contribution in [0.1, 0.15) is 0 Å². The summed E-state index contributed by atoms with van der Waals surface area (Å²) in [6.45, 7) is 14.4. The maximum atomic E-state index is 13.2. The Kier molecular flexibility index (Phi) is 16.8. The third-order valence-electron chi connectivity index (χ3n) is 4.91. The molecule has 2 N–H and O–H groups in total. The summed E-state index contributed by atoms with van der Waals surface area (Å²) in [7, 11) is 0. The van der Waals surface area contributed by atoms with Crippen molar-refractivity contribution in [3.8, 4) is 0 Å². The highest BCUT2D eigenvalue weighted by atomic mass is 16.6. The van der Waals surface area contributed by atoms with E-state index in [1.165, 1.54) is 0 Å². The van der Waals surface area contributed by atoms with Gasteiger partial charge in [0.15, 0.2) is 0 Å². The Balaban J connectivity index is 6.55. The van der Waals surface area contributed by atoms with Gasteiger partial charge in [-0.05, 0) is 0 Å². The molecule has 0 aromatic rings. The molecule has 0 aromatic heterocycles. The van der Waals surface area contributed by atoms with Crippen LogP contribution >= 0.6 is 0 Å². The number of amides is 2. The molecule has 0 aliphatic rings. The Morgan fingerprint density at radius 3 is 0.682 bits per heavy atom. The molecule has 0 unspecified atom stereocenters. The van der Waals surface area contributed by atoms with E-state index < -0.39 is 98.3 Å². The zero-order valence-corrected chi connectivity index (χ0v) is 23.7. The molecule has 0 aliphatic heterocycles. The number of nitrogens with one attached hydrogen (secondary N) is 2. The zero-order chi connectivity index (χ0) is 33.8. The van der Waals surface area contributed by atoms with Crippen molar-refractivity contribution >= 4 is 47.6 Å². The smallest absolute Gasteiger partial charge is 0.330 e. The largest absolute Gasteiger partial charge is 0.460 e. The number of carbonyl (C=O) groups excluding carboxylic acids is 8. The van der Waals surface area contributed by atoms with Crippen LogP contribution in [-0.2, 0) is 66.8 Å². The maximum absolute atomic E-state index is 13.2. The fourth-order valence-electron chi connectivity index (χ4n) is 2.67. The number of hydrogen-bond donors (Lipinski definition) is 2. The minimum absolute atomic E-state index is 0.763. The number of carbonyl (C=O) groups is 8. The van der Waals surface area contributed by atoms with Crippen LogP contribution in [0.15, 0.2) is 75.9 Å². The molecule has 0 fully saturated rings. The van der Waals surface area contributed by atoms with E-state index in [0.717, 1.165) is 36.5 Å². The van der Waals surface area contributed by atoms with Crippen LogP contribution < -0.4 is 10.6 Å². The normalized spacial score (nSPS) is 10.3. The molecule has 2 amide bonds. The van der Waals surface area contributed by atoms with E-state index in [0.29, 0.717) is 0 Å². The Morgan fingerprint density at radius 1 is 0.386 bits per heavy atom. The molecule has 0 heterocycles. The molecular formula is C28H32N2O14. The van der Waals surface area contributed by atoms with E-state index in [1.54, 1.807) is 0 Å². The van der Waals surface area contributed by atoms with E-state index in [9.17, 15) is 38.4 Å². The second-order valence-corrected chi connectivity index (χ2v) is 8.34. The van der Waals surface area contributed by atoms with Crippen molar-refractivity contribution in [3.05, 3.63) is 75.9 Å². The quantitative estimate of drug-likeness (QED) is 0.0728. The second-order valence-electron chi connectivity index (χ2n) is 8.34. The van der Waals surface area contributed by atoms with Crippen LogP contribution in [0, 0.1) is 0 Å². The fourth-order valence-corrected chi connectivity index (χ4v) is 2.67. The molecule has 0 saturated carbocycles. The van der Waals surface area contributed by atoms with Crippen molar-refractivity contribution < 1.29 is 66.8 Å². The molecule has 238 valence electrons. The van der Waals surface area contributed by atoms with Gasteiger partial charge in [-0.15, -0.1) is 0 Å². The van der Waals surface area contributed by atoms with Crippen molar-refractivity contribution in [2.75, 3.05) is 39.6 Å². The third-order valence-corrected chi connectivity index (χ3v) is 4.91. The van der Waals surface area contributed by atoms with Crippen LogP contribution in [0.5, 0.6) is 0 Å². The monoisotopic (exact) mass is 620 g/mol. The minimum atomic E-state index is -2.09. The van der Waals surface area contributed by atoms with Gasteiger partial charge in [0, 0.05) is 36.5 Å². The van der Waals surface area contributed by atoms with Crippen molar-refractivity contribution in [2.24, 2.45) is 0 Å². The average Bonchev–Trinajstić information content (AvgIpc) is 3.04. The summed E-state index contributed by atoms with van der Waals surface area (Å²) in [5.41, 5.74) is -4.18. The van der Waals surface area contributed by atoms with Gasteiger partial charge in [0.1, 0.15) is 50.7 Å². The van der Waals surface area contributed by atoms with Crippen LogP contribution in [0.4, 0.5) is 0 Å².